The van der Waals surface area contributed by atoms with Crippen molar-refractivity contribution < 1.29 is 14.1 Å². The van der Waals surface area contributed by atoms with E-state index in [1.165, 1.54) is 11.3 Å². The summed E-state index contributed by atoms with van der Waals surface area (Å²) in [6.07, 6.45) is 0.196. The maximum absolute atomic E-state index is 11.5. The van der Waals surface area contributed by atoms with Crippen LogP contribution in [0.5, 0.6) is 0 Å². The number of esters is 1. The van der Waals surface area contributed by atoms with Crippen LogP contribution in [0, 0.1) is 13.8 Å². The van der Waals surface area contributed by atoms with Crippen LogP contribution in [0.15, 0.2) is 16.0 Å². The maximum Gasteiger partial charge on any atom is 0.312 e. The Morgan fingerprint density at radius 2 is 2.29 bits per heavy atom. The summed E-state index contributed by atoms with van der Waals surface area (Å²) >= 11 is 1.52. The number of carbonyl (C=O) groups is 1. The highest BCUT2D eigenvalue weighted by Crippen LogP contribution is 2.09. The maximum atomic E-state index is 11.5. The standard InChI is InChI=1S/C11H12N2O3S/c1-7-3-9(13-16-7)5-15-11(14)4-10-6-17-8(2)12-10/h3,6H,4-5H2,1-2H3. The van der Waals surface area contributed by atoms with Crippen molar-refractivity contribution in [1.29, 1.82) is 0 Å². The van der Waals surface area contributed by atoms with E-state index in [0.29, 0.717) is 11.5 Å². The van der Waals surface area contributed by atoms with E-state index in [4.69, 9.17) is 9.26 Å². The molecule has 90 valence electrons. The minimum absolute atomic E-state index is 0.138. The number of carbonyl (C=O) groups excluding carboxylic acids is 1. The zero-order valence-corrected chi connectivity index (χ0v) is 10.4. The van der Waals surface area contributed by atoms with E-state index in [2.05, 4.69) is 10.1 Å². The fraction of sp³-hybridized carbons (Fsp3) is 0.364. The van der Waals surface area contributed by atoms with E-state index in [0.717, 1.165) is 10.7 Å². The number of aromatic nitrogens is 2. The second kappa shape index (κ2) is 5.09. The Labute approximate surface area is 102 Å². The molecule has 2 rings (SSSR count). The van der Waals surface area contributed by atoms with Crippen molar-refractivity contribution in [2.24, 2.45) is 0 Å². The van der Waals surface area contributed by atoms with Gasteiger partial charge in [-0.1, -0.05) is 5.16 Å². The highest BCUT2D eigenvalue weighted by Gasteiger charge is 2.09. The fourth-order valence-electron chi connectivity index (χ4n) is 1.33. The Morgan fingerprint density at radius 1 is 1.47 bits per heavy atom. The lowest BCUT2D eigenvalue weighted by molar-refractivity contribution is -0.144. The first-order valence-corrected chi connectivity index (χ1v) is 6.00. The monoisotopic (exact) mass is 252 g/mol. The number of hydrogen-bond acceptors (Lipinski definition) is 6. The van der Waals surface area contributed by atoms with Crippen LogP contribution in [0.4, 0.5) is 0 Å². The third kappa shape index (κ3) is 3.39. The molecule has 0 spiro atoms. The zero-order valence-electron chi connectivity index (χ0n) is 9.60. The molecular weight excluding hydrogens is 240 g/mol. The molecule has 2 aromatic rings. The molecule has 6 heteroatoms. The molecule has 0 aromatic carbocycles. The molecule has 0 fully saturated rings. The third-order valence-corrected chi connectivity index (χ3v) is 2.87. The Morgan fingerprint density at radius 3 is 2.88 bits per heavy atom. The molecule has 0 aliphatic rings. The number of ether oxygens (including phenoxy) is 1. The second-order valence-electron chi connectivity index (χ2n) is 3.62. The van der Waals surface area contributed by atoms with E-state index < -0.39 is 0 Å². The molecule has 0 amide bonds. The molecule has 0 aliphatic heterocycles. The molecular formula is C11H12N2O3S. The molecule has 0 atom stereocenters. The number of thiazole rings is 1. The summed E-state index contributed by atoms with van der Waals surface area (Å²) in [6.45, 7) is 3.83. The molecule has 0 bridgehead atoms. The smallest absolute Gasteiger partial charge is 0.312 e. The molecule has 5 nitrogen and oxygen atoms in total. The summed E-state index contributed by atoms with van der Waals surface area (Å²) in [5.74, 6) is 0.391. The lowest BCUT2D eigenvalue weighted by Crippen LogP contribution is -2.08. The fourth-order valence-corrected chi connectivity index (χ4v) is 1.94. The van der Waals surface area contributed by atoms with E-state index in [9.17, 15) is 4.79 Å². The molecule has 0 saturated heterocycles. The van der Waals surface area contributed by atoms with Gasteiger partial charge in [0, 0.05) is 11.4 Å². The van der Waals surface area contributed by atoms with Gasteiger partial charge < -0.3 is 9.26 Å². The van der Waals surface area contributed by atoms with Crippen molar-refractivity contribution in [2.75, 3.05) is 0 Å². The molecule has 0 N–H and O–H groups in total. The Bertz CT molecular complexity index is 518. The van der Waals surface area contributed by atoms with E-state index in [1.54, 1.807) is 13.0 Å². The zero-order chi connectivity index (χ0) is 12.3. The topological polar surface area (TPSA) is 65.2 Å². The average molecular weight is 252 g/mol. The van der Waals surface area contributed by atoms with E-state index in [-0.39, 0.29) is 19.0 Å². The normalized spacial score (nSPS) is 10.5. The minimum Gasteiger partial charge on any atom is -0.459 e. The van der Waals surface area contributed by atoms with Crippen molar-refractivity contribution in [1.82, 2.24) is 10.1 Å². The van der Waals surface area contributed by atoms with Crippen molar-refractivity contribution >= 4 is 17.3 Å². The number of nitrogens with zero attached hydrogens (tertiary/aromatic N) is 2. The predicted octanol–water partition coefficient (Wildman–Crippen LogP) is 2.03. The molecule has 17 heavy (non-hydrogen) atoms. The van der Waals surface area contributed by atoms with Gasteiger partial charge in [-0.3, -0.25) is 4.79 Å². The summed E-state index contributed by atoms with van der Waals surface area (Å²) in [6, 6.07) is 1.74. The van der Waals surface area contributed by atoms with Gasteiger partial charge in [0.25, 0.3) is 0 Å². The van der Waals surface area contributed by atoms with Gasteiger partial charge >= 0.3 is 5.97 Å². The van der Waals surface area contributed by atoms with Crippen molar-refractivity contribution in [2.45, 2.75) is 26.9 Å². The van der Waals surface area contributed by atoms with Gasteiger partial charge in [-0.25, -0.2) is 4.98 Å². The van der Waals surface area contributed by atoms with Crippen LogP contribution in [0.2, 0.25) is 0 Å². The Kier molecular flexibility index (Phi) is 3.53. The van der Waals surface area contributed by atoms with Crippen LogP contribution < -0.4 is 0 Å². The van der Waals surface area contributed by atoms with Crippen LogP contribution in [0.1, 0.15) is 22.2 Å². The van der Waals surface area contributed by atoms with Crippen molar-refractivity contribution in [3.8, 4) is 0 Å². The van der Waals surface area contributed by atoms with Crippen LogP contribution >= 0.6 is 11.3 Å². The van der Waals surface area contributed by atoms with Crippen LogP contribution in [0.25, 0.3) is 0 Å². The number of aryl methyl sites for hydroxylation is 2. The highest BCUT2D eigenvalue weighted by atomic mass is 32.1. The van der Waals surface area contributed by atoms with Gasteiger partial charge in [0.05, 0.1) is 17.1 Å². The van der Waals surface area contributed by atoms with Gasteiger partial charge in [0.2, 0.25) is 0 Å². The first-order valence-electron chi connectivity index (χ1n) is 5.12. The van der Waals surface area contributed by atoms with Gasteiger partial charge in [-0.15, -0.1) is 11.3 Å². The van der Waals surface area contributed by atoms with Gasteiger partial charge in [0.15, 0.2) is 0 Å². The molecule has 2 aromatic heterocycles. The molecule has 0 unspecified atom stereocenters. The molecule has 2 heterocycles. The molecule has 0 radical (unpaired) electrons. The SMILES string of the molecule is Cc1cc(COC(=O)Cc2csc(C)n2)no1. The van der Waals surface area contributed by atoms with Crippen molar-refractivity contribution in [3.63, 3.8) is 0 Å². The lowest BCUT2D eigenvalue weighted by Gasteiger charge is -2.00. The summed E-state index contributed by atoms with van der Waals surface area (Å²) in [7, 11) is 0. The summed E-state index contributed by atoms with van der Waals surface area (Å²) in [5.41, 5.74) is 1.36. The van der Waals surface area contributed by atoms with Crippen LogP contribution in [-0.4, -0.2) is 16.1 Å². The van der Waals surface area contributed by atoms with E-state index in [1.807, 2.05) is 12.3 Å². The first kappa shape index (κ1) is 11.8. The largest absolute Gasteiger partial charge is 0.459 e. The van der Waals surface area contributed by atoms with Gasteiger partial charge in [-0.05, 0) is 13.8 Å². The predicted molar refractivity (Wildman–Crippen MR) is 61.6 cm³/mol. The molecule has 0 aliphatic carbocycles. The van der Waals surface area contributed by atoms with E-state index >= 15 is 0 Å². The lowest BCUT2D eigenvalue weighted by atomic mass is 10.3. The van der Waals surface area contributed by atoms with Crippen LogP contribution in [0.3, 0.4) is 0 Å². The van der Waals surface area contributed by atoms with Crippen LogP contribution in [-0.2, 0) is 22.6 Å². The number of rotatable bonds is 4. The summed E-state index contributed by atoms with van der Waals surface area (Å²) in [4.78, 5) is 15.7. The third-order valence-electron chi connectivity index (χ3n) is 2.05. The average Bonchev–Trinajstić information content (AvgIpc) is 2.85. The number of hydrogen-bond donors (Lipinski definition) is 0. The Hall–Kier alpha value is -1.69. The minimum atomic E-state index is -0.309. The quantitative estimate of drug-likeness (QED) is 0.779. The first-order chi connectivity index (χ1) is 8.13. The summed E-state index contributed by atoms with van der Waals surface area (Å²) < 4.78 is 9.92. The Balaban J connectivity index is 1.82. The summed E-state index contributed by atoms with van der Waals surface area (Å²) in [5, 5.41) is 6.54. The van der Waals surface area contributed by atoms with Gasteiger partial charge in [0.1, 0.15) is 18.1 Å². The van der Waals surface area contributed by atoms with Gasteiger partial charge in [-0.2, -0.15) is 0 Å². The second-order valence-corrected chi connectivity index (χ2v) is 4.69. The van der Waals surface area contributed by atoms with Crippen molar-refractivity contribution in [3.05, 3.63) is 33.6 Å². The molecule has 0 saturated carbocycles. The highest BCUT2D eigenvalue weighted by molar-refractivity contribution is 7.09.